The smallest absolute Gasteiger partial charge is 0.248 e. The number of carbonyl (C=O) groups is 1. The molecule has 4 aromatic rings. The highest BCUT2D eigenvalue weighted by Crippen LogP contribution is 2.44. The summed E-state index contributed by atoms with van der Waals surface area (Å²) in [6.45, 7) is 4.24. The van der Waals surface area contributed by atoms with Crippen LogP contribution in [0, 0.1) is 6.92 Å². The van der Waals surface area contributed by atoms with E-state index in [9.17, 15) is 4.79 Å². The number of hydrogen-bond acceptors (Lipinski definition) is 4. The number of aryl methyl sites for hydroxylation is 1. The molecule has 2 aromatic heterocycles. The molecule has 0 unspecified atom stereocenters. The van der Waals surface area contributed by atoms with E-state index < -0.39 is 5.91 Å². The Kier molecular flexibility index (Phi) is 5.03. The lowest BCUT2D eigenvalue weighted by atomic mass is 9.89. The van der Waals surface area contributed by atoms with E-state index in [0.29, 0.717) is 18.0 Å². The summed E-state index contributed by atoms with van der Waals surface area (Å²) in [5.74, 6) is -0.0690. The van der Waals surface area contributed by atoms with Crippen LogP contribution in [0.25, 0.3) is 27.7 Å². The Bertz CT molecular complexity index is 1440. The summed E-state index contributed by atoms with van der Waals surface area (Å²) in [4.78, 5) is 20.7. The average Bonchev–Trinajstić information content (AvgIpc) is 3.45. The maximum atomic E-state index is 11.7. The highest BCUT2D eigenvalue weighted by atomic mass is 16.5. The fourth-order valence-electron chi connectivity index (χ4n) is 5.33. The molecule has 34 heavy (non-hydrogen) atoms. The minimum atomic E-state index is -0.420. The molecule has 1 amide bonds. The third-order valence-corrected chi connectivity index (χ3v) is 6.96. The molecular weight excluding hydrogens is 424 g/mol. The van der Waals surface area contributed by atoms with E-state index in [0.717, 1.165) is 43.0 Å². The van der Waals surface area contributed by atoms with Crippen molar-refractivity contribution in [1.29, 1.82) is 0 Å². The van der Waals surface area contributed by atoms with Crippen molar-refractivity contribution in [2.75, 3.05) is 13.2 Å². The first-order valence-electron chi connectivity index (χ1n) is 11.7. The molecule has 0 bridgehead atoms. The molecule has 0 aliphatic carbocycles. The Morgan fingerprint density at radius 3 is 2.62 bits per heavy atom. The van der Waals surface area contributed by atoms with Crippen LogP contribution in [-0.2, 0) is 11.3 Å². The van der Waals surface area contributed by atoms with Gasteiger partial charge in [0.1, 0.15) is 0 Å². The summed E-state index contributed by atoms with van der Waals surface area (Å²) in [6.07, 6.45) is 5.80. The van der Waals surface area contributed by atoms with E-state index in [1.165, 1.54) is 33.3 Å². The number of hydrogen-bond donors (Lipinski definition) is 1. The molecule has 2 aliphatic rings. The number of aromatic nitrogens is 2. The molecule has 0 atom stereocenters. The van der Waals surface area contributed by atoms with Crippen molar-refractivity contribution in [1.82, 2.24) is 9.55 Å². The molecule has 6 heteroatoms. The lowest BCUT2D eigenvalue weighted by molar-refractivity contribution is 0.0843. The van der Waals surface area contributed by atoms with Gasteiger partial charge in [-0.05, 0) is 85.0 Å². The summed E-state index contributed by atoms with van der Waals surface area (Å²) in [5, 5.41) is 1.21. The van der Waals surface area contributed by atoms with Crippen LogP contribution in [0.2, 0.25) is 0 Å². The number of rotatable bonds is 4. The van der Waals surface area contributed by atoms with Crippen molar-refractivity contribution in [3.05, 3.63) is 82.8 Å². The molecule has 2 aliphatic heterocycles. The van der Waals surface area contributed by atoms with E-state index in [-0.39, 0.29) is 0 Å². The zero-order chi connectivity index (χ0) is 23.2. The van der Waals surface area contributed by atoms with Crippen molar-refractivity contribution in [3.8, 4) is 16.8 Å². The number of ether oxygens (including phenoxy) is 1. The normalized spacial score (nSPS) is 15.7. The first kappa shape index (κ1) is 20.8. The summed E-state index contributed by atoms with van der Waals surface area (Å²) in [5.41, 5.74) is 15.3. The number of aliphatic imine (C=N–C) groups is 1. The van der Waals surface area contributed by atoms with Gasteiger partial charge in [-0.3, -0.25) is 14.8 Å². The molecule has 6 rings (SSSR count). The summed E-state index contributed by atoms with van der Waals surface area (Å²) in [7, 11) is 0. The number of primary amides is 1. The molecule has 0 saturated carbocycles. The minimum absolute atomic E-state index is 0.351. The molecule has 0 radical (unpaired) electrons. The lowest BCUT2D eigenvalue weighted by Gasteiger charge is -2.26. The number of fused-ring (bicyclic) bond motifs is 2. The van der Waals surface area contributed by atoms with Gasteiger partial charge in [-0.2, -0.15) is 0 Å². The molecule has 1 fully saturated rings. The summed E-state index contributed by atoms with van der Waals surface area (Å²) in [6, 6.07) is 16.4. The molecule has 6 nitrogen and oxygen atoms in total. The molecular formula is C28H26N4O2. The maximum absolute atomic E-state index is 11.7. The standard InChI is InChI=1S/C28H26N4O2/c1-17-12-20(6-9-31-17)26-24-13-21-15-30-16-22(21)14-25(24)32(27(26)18-7-10-34-11-8-18)23-4-2-19(3-5-23)28(29)33/h2-6,9,12-15,18H,7-8,10-11,16H2,1H3,(H2,29,33). The highest BCUT2D eigenvalue weighted by molar-refractivity contribution is 6.03. The minimum Gasteiger partial charge on any atom is -0.381 e. The Morgan fingerprint density at radius 2 is 1.88 bits per heavy atom. The third kappa shape index (κ3) is 3.42. The Balaban J connectivity index is 1.70. The quantitative estimate of drug-likeness (QED) is 0.479. The van der Waals surface area contributed by atoms with Crippen LogP contribution in [0.15, 0.2) is 59.7 Å². The zero-order valence-corrected chi connectivity index (χ0v) is 19.1. The monoisotopic (exact) mass is 450 g/mol. The van der Waals surface area contributed by atoms with Crippen LogP contribution < -0.4 is 5.73 Å². The highest BCUT2D eigenvalue weighted by Gasteiger charge is 2.29. The van der Waals surface area contributed by atoms with Crippen LogP contribution in [0.4, 0.5) is 0 Å². The van der Waals surface area contributed by atoms with E-state index in [1.54, 1.807) is 0 Å². The third-order valence-electron chi connectivity index (χ3n) is 6.96. The fourth-order valence-corrected chi connectivity index (χ4v) is 5.33. The van der Waals surface area contributed by atoms with Crippen molar-refractivity contribution < 1.29 is 9.53 Å². The predicted molar refractivity (Wildman–Crippen MR) is 134 cm³/mol. The first-order valence-corrected chi connectivity index (χ1v) is 11.7. The van der Waals surface area contributed by atoms with E-state index in [2.05, 4.69) is 38.8 Å². The van der Waals surface area contributed by atoms with Gasteiger partial charge < -0.3 is 15.0 Å². The summed E-state index contributed by atoms with van der Waals surface area (Å²) < 4.78 is 8.10. The Labute approximate surface area is 198 Å². The predicted octanol–water partition coefficient (Wildman–Crippen LogP) is 4.93. The van der Waals surface area contributed by atoms with Gasteiger partial charge in [0.25, 0.3) is 0 Å². The van der Waals surface area contributed by atoms with Crippen LogP contribution >= 0.6 is 0 Å². The van der Waals surface area contributed by atoms with E-state index in [4.69, 9.17) is 10.5 Å². The van der Waals surface area contributed by atoms with Gasteiger partial charge in [0.15, 0.2) is 0 Å². The van der Waals surface area contributed by atoms with Crippen LogP contribution in [0.1, 0.15) is 51.6 Å². The van der Waals surface area contributed by atoms with Gasteiger partial charge in [0.2, 0.25) is 5.91 Å². The summed E-state index contributed by atoms with van der Waals surface area (Å²) >= 11 is 0. The average molecular weight is 451 g/mol. The number of nitrogens with zero attached hydrogens (tertiary/aromatic N) is 3. The number of pyridine rings is 1. The van der Waals surface area contributed by atoms with E-state index in [1.807, 2.05) is 43.6 Å². The zero-order valence-electron chi connectivity index (χ0n) is 19.1. The molecule has 2 N–H and O–H groups in total. The Morgan fingerprint density at radius 1 is 1.09 bits per heavy atom. The van der Waals surface area contributed by atoms with Crippen molar-refractivity contribution >= 4 is 23.0 Å². The maximum Gasteiger partial charge on any atom is 0.248 e. The molecule has 4 heterocycles. The van der Waals surface area contributed by atoms with Crippen molar-refractivity contribution in [2.45, 2.75) is 32.2 Å². The SMILES string of the molecule is Cc1cc(-c2c(C3CCOCC3)n(-c3ccc(C(N)=O)cc3)c3cc4c(cc23)C=NC4)ccn1. The first-order chi connectivity index (χ1) is 16.6. The van der Waals surface area contributed by atoms with Gasteiger partial charge in [-0.25, -0.2) is 0 Å². The van der Waals surface area contributed by atoms with E-state index >= 15 is 0 Å². The second kappa shape index (κ2) is 8.22. The van der Waals surface area contributed by atoms with Crippen LogP contribution in [-0.4, -0.2) is 34.9 Å². The molecule has 0 spiro atoms. The van der Waals surface area contributed by atoms with Gasteiger partial charge in [-0.15, -0.1) is 0 Å². The van der Waals surface area contributed by atoms with Gasteiger partial charge in [0, 0.05) is 65.1 Å². The fraction of sp³-hybridized carbons (Fsp3) is 0.250. The second-order valence-electron chi connectivity index (χ2n) is 9.12. The molecule has 170 valence electrons. The molecule has 2 aromatic carbocycles. The van der Waals surface area contributed by atoms with Gasteiger partial charge in [0.05, 0.1) is 12.1 Å². The topological polar surface area (TPSA) is 82.5 Å². The lowest BCUT2D eigenvalue weighted by Crippen LogP contribution is -2.17. The van der Waals surface area contributed by atoms with Gasteiger partial charge in [-0.1, -0.05) is 0 Å². The molecule has 1 saturated heterocycles. The van der Waals surface area contributed by atoms with Crippen LogP contribution in [0.5, 0.6) is 0 Å². The number of carbonyl (C=O) groups excluding carboxylic acids is 1. The Hall–Kier alpha value is -3.77. The van der Waals surface area contributed by atoms with Crippen molar-refractivity contribution in [3.63, 3.8) is 0 Å². The number of nitrogens with two attached hydrogens (primary N) is 1. The second-order valence-corrected chi connectivity index (χ2v) is 9.12. The van der Waals surface area contributed by atoms with Crippen molar-refractivity contribution in [2.24, 2.45) is 10.7 Å². The number of benzene rings is 2. The number of amides is 1. The largest absolute Gasteiger partial charge is 0.381 e. The van der Waals surface area contributed by atoms with Crippen LogP contribution in [0.3, 0.4) is 0 Å². The van der Waals surface area contributed by atoms with Gasteiger partial charge >= 0.3 is 0 Å².